The molecular weight excluding hydrogens is 258 g/mol. The molecule has 20 heavy (non-hydrogen) atoms. The molecule has 0 bridgehead atoms. The molecule has 0 unspecified atom stereocenters. The van der Waals surface area contributed by atoms with Crippen molar-refractivity contribution in [1.82, 2.24) is 15.3 Å². The van der Waals surface area contributed by atoms with Crippen molar-refractivity contribution in [1.29, 1.82) is 0 Å². The van der Waals surface area contributed by atoms with E-state index in [1.54, 1.807) is 0 Å². The Morgan fingerprint density at radius 2 is 2.20 bits per heavy atom. The lowest BCUT2D eigenvalue weighted by Gasteiger charge is -2.07. The number of ether oxygens (including phenoxy) is 1. The van der Waals surface area contributed by atoms with E-state index in [1.165, 1.54) is 6.33 Å². The summed E-state index contributed by atoms with van der Waals surface area (Å²) in [5.74, 6) is 1.01. The van der Waals surface area contributed by atoms with Gasteiger partial charge in [-0.3, -0.25) is 4.79 Å². The highest BCUT2D eigenvalue weighted by molar-refractivity contribution is 5.84. The zero-order valence-electron chi connectivity index (χ0n) is 12.0. The molecule has 0 radical (unpaired) electrons. The minimum absolute atomic E-state index is 0.0561. The van der Waals surface area contributed by atoms with Crippen LogP contribution in [-0.4, -0.2) is 29.0 Å². The van der Waals surface area contributed by atoms with E-state index in [0.29, 0.717) is 18.1 Å². The van der Waals surface area contributed by atoms with Crippen LogP contribution in [0, 0.1) is 13.8 Å². The first-order chi connectivity index (χ1) is 9.63. The predicted molar refractivity (Wildman–Crippen MR) is 74.7 cm³/mol. The normalized spacial score (nSPS) is 10.8. The number of hydrogen-bond donors (Lipinski definition) is 1. The Bertz CT molecular complexity index is 607. The number of nitrogens with one attached hydrogen (secondary N) is 1. The number of amides is 1. The summed E-state index contributed by atoms with van der Waals surface area (Å²) in [6.07, 6.45) is 3.37. The lowest BCUT2D eigenvalue weighted by atomic mass is 10.2. The Balaban J connectivity index is 2.05. The van der Waals surface area contributed by atoms with Gasteiger partial charge in [-0.25, -0.2) is 9.97 Å². The molecule has 0 saturated heterocycles. The molecule has 1 N–H and O–H groups in total. The third-order valence-corrected chi connectivity index (χ3v) is 3.12. The van der Waals surface area contributed by atoms with Crippen LogP contribution >= 0.6 is 0 Å². The number of carbonyl (C=O) groups excluding carboxylic acids is 1. The maximum atomic E-state index is 11.6. The molecule has 0 aliphatic rings. The van der Waals surface area contributed by atoms with Gasteiger partial charge < -0.3 is 14.5 Å². The van der Waals surface area contributed by atoms with Gasteiger partial charge in [0.15, 0.2) is 6.61 Å². The van der Waals surface area contributed by atoms with Crippen molar-refractivity contribution >= 4 is 17.0 Å². The van der Waals surface area contributed by atoms with Gasteiger partial charge >= 0.3 is 0 Å². The standard InChI is InChI=1S/C14H19N3O3/c1-4-5-6-15-11(18)7-19-13-12-9(2)10(3)20-14(12)17-8-16-13/h8H,4-7H2,1-3H3,(H,15,18). The third-order valence-electron chi connectivity index (χ3n) is 3.12. The monoisotopic (exact) mass is 277 g/mol. The van der Waals surface area contributed by atoms with Crippen LogP contribution in [0.25, 0.3) is 11.1 Å². The number of hydrogen-bond acceptors (Lipinski definition) is 5. The molecule has 0 aliphatic carbocycles. The van der Waals surface area contributed by atoms with Crippen LogP contribution in [0.15, 0.2) is 10.7 Å². The summed E-state index contributed by atoms with van der Waals surface area (Å²) in [6.45, 7) is 6.46. The van der Waals surface area contributed by atoms with Crippen LogP contribution in [0.2, 0.25) is 0 Å². The van der Waals surface area contributed by atoms with E-state index in [9.17, 15) is 4.79 Å². The number of aromatic nitrogens is 2. The fraction of sp³-hybridized carbons (Fsp3) is 0.500. The minimum Gasteiger partial charge on any atom is -0.467 e. The number of unbranched alkanes of at least 4 members (excludes halogenated alkanes) is 1. The maximum Gasteiger partial charge on any atom is 0.258 e. The third kappa shape index (κ3) is 3.07. The highest BCUT2D eigenvalue weighted by Gasteiger charge is 2.15. The van der Waals surface area contributed by atoms with Crippen LogP contribution in [0.3, 0.4) is 0 Å². The number of fused-ring (bicyclic) bond motifs is 1. The Morgan fingerprint density at radius 3 is 2.95 bits per heavy atom. The number of furan rings is 1. The number of carbonyl (C=O) groups is 1. The van der Waals surface area contributed by atoms with Gasteiger partial charge in [-0.1, -0.05) is 13.3 Å². The Labute approximate surface area is 117 Å². The number of rotatable bonds is 6. The topological polar surface area (TPSA) is 77.2 Å². The second-order valence-corrected chi connectivity index (χ2v) is 4.63. The quantitative estimate of drug-likeness (QED) is 0.818. The smallest absolute Gasteiger partial charge is 0.258 e. The molecule has 6 heteroatoms. The zero-order valence-corrected chi connectivity index (χ0v) is 12.0. The Kier molecular flexibility index (Phi) is 4.55. The zero-order chi connectivity index (χ0) is 14.5. The van der Waals surface area contributed by atoms with Gasteiger partial charge in [0, 0.05) is 12.1 Å². The van der Waals surface area contributed by atoms with Gasteiger partial charge in [-0.05, 0) is 20.3 Å². The lowest BCUT2D eigenvalue weighted by Crippen LogP contribution is -2.29. The predicted octanol–water partition coefficient (Wildman–Crippen LogP) is 2.13. The molecule has 0 fully saturated rings. The molecule has 0 aliphatic heterocycles. The summed E-state index contributed by atoms with van der Waals surface area (Å²) < 4.78 is 11.0. The van der Waals surface area contributed by atoms with E-state index in [0.717, 1.165) is 29.6 Å². The van der Waals surface area contributed by atoms with Gasteiger partial charge in [0.1, 0.15) is 17.5 Å². The maximum absolute atomic E-state index is 11.6. The van der Waals surface area contributed by atoms with Gasteiger partial charge in [0.05, 0.1) is 0 Å². The fourth-order valence-corrected chi connectivity index (χ4v) is 1.85. The van der Waals surface area contributed by atoms with Crippen LogP contribution < -0.4 is 10.1 Å². The number of aryl methyl sites for hydroxylation is 2. The lowest BCUT2D eigenvalue weighted by molar-refractivity contribution is -0.123. The van der Waals surface area contributed by atoms with Gasteiger partial charge in [0.25, 0.3) is 5.91 Å². The summed E-state index contributed by atoms with van der Waals surface area (Å²) in [6, 6.07) is 0. The van der Waals surface area contributed by atoms with Crippen molar-refractivity contribution in [2.75, 3.05) is 13.2 Å². The summed E-state index contributed by atoms with van der Waals surface area (Å²) >= 11 is 0. The van der Waals surface area contributed by atoms with Crippen LogP contribution in [-0.2, 0) is 4.79 Å². The molecule has 2 aromatic heterocycles. The van der Waals surface area contributed by atoms with E-state index in [2.05, 4.69) is 22.2 Å². The molecule has 2 aromatic rings. The average molecular weight is 277 g/mol. The summed E-state index contributed by atoms with van der Waals surface area (Å²) in [7, 11) is 0. The van der Waals surface area contributed by atoms with Crippen molar-refractivity contribution in [3.63, 3.8) is 0 Å². The van der Waals surface area contributed by atoms with Crippen LogP contribution in [0.4, 0.5) is 0 Å². The van der Waals surface area contributed by atoms with E-state index in [4.69, 9.17) is 9.15 Å². The molecule has 108 valence electrons. The highest BCUT2D eigenvalue weighted by Crippen LogP contribution is 2.29. The largest absolute Gasteiger partial charge is 0.467 e. The Morgan fingerprint density at radius 1 is 1.40 bits per heavy atom. The summed E-state index contributed by atoms with van der Waals surface area (Å²) in [5, 5.41) is 3.52. The van der Waals surface area contributed by atoms with Crippen molar-refractivity contribution in [2.45, 2.75) is 33.6 Å². The van der Waals surface area contributed by atoms with E-state index >= 15 is 0 Å². The van der Waals surface area contributed by atoms with Crippen molar-refractivity contribution in [3.8, 4) is 5.88 Å². The molecular formula is C14H19N3O3. The van der Waals surface area contributed by atoms with Crippen LogP contribution in [0.5, 0.6) is 5.88 Å². The molecule has 2 heterocycles. The fourth-order valence-electron chi connectivity index (χ4n) is 1.85. The first kappa shape index (κ1) is 14.3. The van der Waals surface area contributed by atoms with Gasteiger partial charge in [-0.15, -0.1) is 0 Å². The molecule has 6 nitrogen and oxygen atoms in total. The second kappa shape index (κ2) is 6.36. The summed E-state index contributed by atoms with van der Waals surface area (Å²) in [4.78, 5) is 19.7. The van der Waals surface area contributed by atoms with Gasteiger partial charge in [0.2, 0.25) is 11.6 Å². The van der Waals surface area contributed by atoms with E-state index < -0.39 is 0 Å². The minimum atomic E-state index is -0.150. The molecule has 0 spiro atoms. The van der Waals surface area contributed by atoms with Crippen LogP contribution in [0.1, 0.15) is 31.1 Å². The highest BCUT2D eigenvalue weighted by atomic mass is 16.5. The van der Waals surface area contributed by atoms with Crippen molar-refractivity contribution < 1.29 is 13.9 Å². The molecule has 0 aromatic carbocycles. The molecule has 1 amide bonds. The second-order valence-electron chi connectivity index (χ2n) is 4.63. The van der Waals surface area contributed by atoms with Crippen molar-refractivity contribution in [2.24, 2.45) is 0 Å². The molecule has 0 saturated carbocycles. The average Bonchev–Trinajstić information content (AvgIpc) is 2.73. The first-order valence-corrected chi connectivity index (χ1v) is 6.73. The van der Waals surface area contributed by atoms with Gasteiger partial charge in [-0.2, -0.15) is 0 Å². The number of nitrogens with zero attached hydrogens (tertiary/aromatic N) is 2. The van der Waals surface area contributed by atoms with E-state index in [-0.39, 0.29) is 12.5 Å². The summed E-state index contributed by atoms with van der Waals surface area (Å²) in [5.41, 5.74) is 1.42. The SMILES string of the molecule is CCCCNC(=O)COc1ncnc2oc(C)c(C)c12. The molecule has 2 rings (SSSR count). The van der Waals surface area contributed by atoms with E-state index in [1.807, 2.05) is 13.8 Å². The first-order valence-electron chi connectivity index (χ1n) is 6.73. The molecule has 0 atom stereocenters. The Hall–Kier alpha value is -2.11. The van der Waals surface area contributed by atoms with Crippen molar-refractivity contribution in [3.05, 3.63) is 17.7 Å².